The Kier molecular flexibility index (Phi) is 4.94. The van der Waals surface area contributed by atoms with Crippen molar-refractivity contribution in [2.45, 2.75) is 39.8 Å². The average molecular weight is 411 g/mol. The van der Waals surface area contributed by atoms with E-state index in [1.165, 1.54) is 16.7 Å². The molecule has 0 bridgehead atoms. The molecule has 0 spiro atoms. The quantitative estimate of drug-likeness (QED) is 0.476. The second-order valence-corrected chi connectivity index (χ2v) is 8.28. The van der Waals surface area contributed by atoms with Gasteiger partial charge in [-0.1, -0.05) is 48.0 Å². The van der Waals surface area contributed by atoms with Crippen LogP contribution in [-0.4, -0.2) is 25.2 Å². The summed E-state index contributed by atoms with van der Waals surface area (Å²) >= 11 is 0. The lowest BCUT2D eigenvalue weighted by molar-refractivity contribution is -0.131. The molecule has 0 saturated heterocycles. The number of carbonyl (C=O) groups excluding carboxylic acids is 1. The van der Waals surface area contributed by atoms with Gasteiger partial charge in [-0.15, -0.1) is 0 Å². The van der Waals surface area contributed by atoms with Crippen LogP contribution in [0.15, 0.2) is 73.1 Å². The number of hydrogen-bond acceptors (Lipinski definition) is 2. The van der Waals surface area contributed by atoms with Crippen molar-refractivity contribution in [2.24, 2.45) is 0 Å². The lowest BCUT2D eigenvalue weighted by atomic mass is 10.1. The van der Waals surface area contributed by atoms with Crippen LogP contribution in [0.4, 0.5) is 0 Å². The highest BCUT2D eigenvalue weighted by Gasteiger charge is 2.31. The summed E-state index contributed by atoms with van der Waals surface area (Å²) in [5, 5.41) is 4.96. The minimum atomic E-state index is 0.179. The number of aromatic nitrogens is 3. The van der Waals surface area contributed by atoms with Gasteiger partial charge in [-0.3, -0.25) is 4.79 Å². The maximum atomic E-state index is 12.9. The molecule has 2 aromatic heterocycles. The Morgan fingerprint density at radius 1 is 0.968 bits per heavy atom. The standard InChI is InChI=1S/C26H26N4O/c1-19-10-12-24(20(2)16-19)30-26(28-14-6-7-15-28)22-17-29(18-23(22)27-30)25(31)13-11-21-8-4-3-5-9-21/h3-10,12,14-16H,11,13,17-18H2,1-2H3. The molecule has 1 aliphatic heterocycles. The summed E-state index contributed by atoms with van der Waals surface area (Å²) in [5.41, 5.74) is 6.80. The van der Waals surface area contributed by atoms with Crippen LogP contribution >= 0.6 is 0 Å². The number of nitrogens with zero attached hydrogens (tertiary/aromatic N) is 4. The van der Waals surface area contributed by atoms with Crippen molar-refractivity contribution in [1.29, 1.82) is 0 Å². The molecule has 1 amide bonds. The third-order valence-electron chi connectivity index (χ3n) is 5.98. The normalized spacial score (nSPS) is 12.9. The van der Waals surface area contributed by atoms with Gasteiger partial charge in [-0.05, 0) is 49.6 Å². The molecule has 4 aromatic rings. The first kappa shape index (κ1) is 19.4. The van der Waals surface area contributed by atoms with Crippen molar-refractivity contribution in [3.8, 4) is 11.5 Å². The Morgan fingerprint density at radius 2 is 1.74 bits per heavy atom. The molecule has 2 aromatic carbocycles. The van der Waals surface area contributed by atoms with Gasteiger partial charge in [0.2, 0.25) is 5.91 Å². The zero-order valence-corrected chi connectivity index (χ0v) is 18.0. The molecule has 0 N–H and O–H groups in total. The third-order valence-corrected chi connectivity index (χ3v) is 5.98. The fraction of sp³-hybridized carbons (Fsp3) is 0.231. The molecule has 0 atom stereocenters. The van der Waals surface area contributed by atoms with E-state index in [2.05, 4.69) is 48.7 Å². The summed E-state index contributed by atoms with van der Waals surface area (Å²) in [6, 6.07) is 20.6. The van der Waals surface area contributed by atoms with E-state index < -0.39 is 0 Å². The minimum absolute atomic E-state index is 0.179. The number of fused-ring (bicyclic) bond motifs is 1. The van der Waals surface area contributed by atoms with E-state index in [1.54, 1.807) is 0 Å². The van der Waals surface area contributed by atoms with Gasteiger partial charge in [0.25, 0.3) is 0 Å². The highest BCUT2D eigenvalue weighted by atomic mass is 16.2. The largest absolute Gasteiger partial charge is 0.332 e. The average Bonchev–Trinajstić information content (AvgIpc) is 3.49. The predicted octanol–water partition coefficient (Wildman–Crippen LogP) is 4.75. The van der Waals surface area contributed by atoms with E-state index in [0.717, 1.165) is 29.2 Å². The maximum Gasteiger partial charge on any atom is 0.223 e. The second kappa shape index (κ2) is 7.91. The van der Waals surface area contributed by atoms with E-state index in [-0.39, 0.29) is 5.91 Å². The van der Waals surface area contributed by atoms with Crippen LogP contribution in [0.2, 0.25) is 0 Å². The molecule has 0 saturated carbocycles. The van der Waals surface area contributed by atoms with Gasteiger partial charge < -0.3 is 9.47 Å². The topological polar surface area (TPSA) is 43.1 Å². The molecule has 0 unspecified atom stereocenters. The Hall–Kier alpha value is -3.60. The van der Waals surface area contributed by atoms with Crippen LogP contribution in [0, 0.1) is 13.8 Å². The smallest absolute Gasteiger partial charge is 0.223 e. The number of carbonyl (C=O) groups is 1. The highest BCUT2D eigenvalue weighted by Crippen LogP contribution is 2.32. The monoisotopic (exact) mass is 410 g/mol. The van der Waals surface area contributed by atoms with E-state index in [1.807, 2.05) is 52.3 Å². The zero-order valence-electron chi connectivity index (χ0n) is 18.0. The molecular weight excluding hydrogens is 384 g/mol. The van der Waals surface area contributed by atoms with Gasteiger partial charge in [-0.2, -0.15) is 5.10 Å². The van der Waals surface area contributed by atoms with E-state index in [9.17, 15) is 4.79 Å². The molecule has 0 radical (unpaired) electrons. The fourth-order valence-electron chi connectivity index (χ4n) is 4.38. The number of rotatable bonds is 5. The van der Waals surface area contributed by atoms with Crippen LogP contribution < -0.4 is 0 Å². The summed E-state index contributed by atoms with van der Waals surface area (Å²) in [4.78, 5) is 14.8. The van der Waals surface area contributed by atoms with E-state index in [4.69, 9.17) is 5.10 Å². The minimum Gasteiger partial charge on any atom is -0.332 e. The Balaban J connectivity index is 1.43. The number of aryl methyl sites for hydroxylation is 3. The van der Waals surface area contributed by atoms with Crippen molar-refractivity contribution in [2.75, 3.05) is 0 Å². The molecule has 0 fully saturated rings. The SMILES string of the molecule is Cc1ccc(-n2nc3c(c2-n2cccc2)CN(C(=O)CCc2ccccc2)C3)c(C)c1. The molecule has 1 aliphatic rings. The first-order valence-corrected chi connectivity index (χ1v) is 10.7. The van der Waals surface area contributed by atoms with Gasteiger partial charge in [0.15, 0.2) is 0 Å². The molecule has 5 rings (SSSR count). The molecule has 5 nitrogen and oxygen atoms in total. The van der Waals surface area contributed by atoms with E-state index in [0.29, 0.717) is 19.5 Å². The van der Waals surface area contributed by atoms with Crippen LogP contribution in [0.25, 0.3) is 11.5 Å². The summed E-state index contributed by atoms with van der Waals surface area (Å²) in [5.74, 6) is 1.20. The summed E-state index contributed by atoms with van der Waals surface area (Å²) in [6.07, 6.45) is 5.36. The lowest BCUT2D eigenvalue weighted by Crippen LogP contribution is -2.26. The fourth-order valence-corrected chi connectivity index (χ4v) is 4.38. The van der Waals surface area contributed by atoms with Crippen LogP contribution in [0.1, 0.15) is 34.4 Å². The number of hydrogen-bond donors (Lipinski definition) is 0. The maximum absolute atomic E-state index is 12.9. The molecule has 31 heavy (non-hydrogen) atoms. The molecule has 156 valence electrons. The van der Waals surface area contributed by atoms with Crippen molar-refractivity contribution < 1.29 is 4.79 Å². The molecule has 3 heterocycles. The lowest BCUT2D eigenvalue weighted by Gasteiger charge is -2.18. The number of benzene rings is 2. The summed E-state index contributed by atoms with van der Waals surface area (Å²) in [6.45, 7) is 5.39. The van der Waals surface area contributed by atoms with Gasteiger partial charge >= 0.3 is 0 Å². The second-order valence-electron chi connectivity index (χ2n) is 8.28. The van der Waals surface area contributed by atoms with Gasteiger partial charge in [0.05, 0.1) is 24.5 Å². The van der Waals surface area contributed by atoms with Gasteiger partial charge in [-0.25, -0.2) is 4.68 Å². The van der Waals surface area contributed by atoms with Crippen molar-refractivity contribution in [3.63, 3.8) is 0 Å². The highest BCUT2D eigenvalue weighted by molar-refractivity contribution is 5.77. The molecule has 0 aliphatic carbocycles. The van der Waals surface area contributed by atoms with Crippen LogP contribution in [0.5, 0.6) is 0 Å². The van der Waals surface area contributed by atoms with Gasteiger partial charge in [0, 0.05) is 24.4 Å². The Labute approximate surface area is 182 Å². The van der Waals surface area contributed by atoms with Crippen LogP contribution in [-0.2, 0) is 24.3 Å². The van der Waals surface area contributed by atoms with Gasteiger partial charge in [0.1, 0.15) is 5.82 Å². The summed E-state index contributed by atoms with van der Waals surface area (Å²) < 4.78 is 4.13. The zero-order chi connectivity index (χ0) is 21.4. The first-order valence-electron chi connectivity index (χ1n) is 10.7. The molecule has 5 heteroatoms. The van der Waals surface area contributed by atoms with Crippen LogP contribution in [0.3, 0.4) is 0 Å². The Morgan fingerprint density at radius 3 is 2.48 bits per heavy atom. The Bertz CT molecular complexity index is 1220. The third kappa shape index (κ3) is 3.67. The number of amides is 1. The van der Waals surface area contributed by atoms with Crippen molar-refractivity contribution in [3.05, 3.63) is 101 Å². The summed E-state index contributed by atoms with van der Waals surface area (Å²) in [7, 11) is 0. The predicted molar refractivity (Wildman–Crippen MR) is 121 cm³/mol. The van der Waals surface area contributed by atoms with Crippen molar-refractivity contribution in [1.82, 2.24) is 19.2 Å². The first-order chi connectivity index (χ1) is 15.1. The van der Waals surface area contributed by atoms with E-state index >= 15 is 0 Å². The molecular formula is C26H26N4O. The van der Waals surface area contributed by atoms with Crippen molar-refractivity contribution >= 4 is 5.91 Å².